The summed E-state index contributed by atoms with van der Waals surface area (Å²) in [5.74, 6) is 0.708. The molecule has 6 fully saturated rings. The number of hydrogen-bond acceptors (Lipinski definition) is 6. The van der Waals surface area contributed by atoms with Crippen LogP contribution in [-0.2, 0) is 11.2 Å². The number of hydrogen-bond donors (Lipinski definition) is 1. The SMILES string of the molecule is Cc1nc2c(F)c(-c3cccc(Cl)c3Cl)c(CCC#N)cc2c2c1cc(C1CC(n3nncc3C3CCCC3)CN1C(=O)C1CC1)n2C1C2CNC1C2. The summed E-state index contributed by atoms with van der Waals surface area (Å²) in [6.07, 6.45) is 10.9. The van der Waals surface area contributed by atoms with Crippen LogP contribution >= 0.6 is 23.2 Å². The smallest absolute Gasteiger partial charge is 0.226 e. The first-order valence-corrected chi connectivity index (χ1v) is 20.0. The van der Waals surface area contributed by atoms with Gasteiger partial charge in [0.1, 0.15) is 5.52 Å². The minimum Gasteiger partial charge on any atom is -0.337 e. The fraction of sp³-hybridized carbons (Fsp3) is 0.488. The normalized spacial score (nSPS) is 25.5. The molecule has 1 amide bonds. The third kappa shape index (κ3) is 5.25. The molecule has 1 N–H and O–H groups in total. The number of amides is 1. The van der Waals surface area contributed by atoms with Crippen LogP contribution < -0.4 is 5.32 Å². The van der Waals surface area contributed by atoms with Gasteiger partial charge in [-0.2, -0.15) is 5.26 Å². The van der Waals surface area contributed by atoms with Crippen LogP contribution in [0.25, 0.3) is 32.9 Å². The summed E-state index contributed by atoms with van der Waals surface area (Å²) >= 11 is 13.2. The van der Waals surface area contributed by atoms with E-state index in [1.165, 1.54) is 18.5 Å². The Morgan fingerprint density at radius 3 is 2.66 bits per heavy atom. The summed E-state index contributed by atoms with van der Waals surface area (Å²) in [6, 6.07) is 12.0. The van der Waals surface area contributed by atoms with Gasteiger partial charge in [-0.25, -0.2) is 14.1 Å². The summed E-state index contributed by atoms with van der Waals surface area (Å²) in [5.41, 5.74) is 5.73. The monoisotopic (exact) mass is 750 g/mol. The molecule has 2 aromatic carbocycles. The molecule has 11 rings (SSSR count). The molecule has 6 heterocycles. The lowest BCUT2D eigenvalue weighted by molar-refractivity contribution is -0.133. The number of aryl methyl sites for hydroxylation is 2. The highest BCUT2D eigenvalue weighted by Gasteiger charge is 2.51. The highest BCUT2D eigenvalue weighted by Crippen LogP contribution is 2.52. The van der Waals surface area contributed by atoms with Crippen LogP contribution in [0.15, 0.2) is 36.5 Å². The second-order valence-electron chi connectivity index (χ2n) is 16.0. The van der Waals surface area contributed by atoms with E-state index in [-0.39, 0.29) is 46.9 Å². The highest BCUT2D eigenvalue weighted by molar-refractivity contribution is 6.43. The fourth-order valence-corrected chi connectivity index (χ4v) is 10.6. The summed E-state index contributed by atoms with van der Waals surface area (Å²) < 4.78 is 21.9. The van der Waals surface area contributed by atoms with Crippen molar-refractivity contribution in [3.8, 4) is 17.2 Å². The molecule has 3 aliphatic carbocycles. The zero-order valence-electron chi connectivity index (χ0n) is 29.7. The molecule has 53 heavy (non-hydrogen) atoms. The maximum Gasteiger partial charge on any atom is 0.226 e. The third-order valence-electron chi connectivity index (χ3n) is 13.0. The number of benzene rings is 2. The molecule has 3 aliphatic heterocycles. The van der Waals surface area contributed by atoms with Gasteiger partial charge in [-0.15, -0.1) is 5.10 Å². The third-order valence-corrected chi connectivity index (χ3v) is 13.8. The molecule has 5 unspecified atom stereocenters. The summed E-state index contributed by atoms with van der Waals surface area (Å²) in [5, 5.41) is 24.7. The standard InChI is InChI=1S/C41H41Cl2FN8O/c1-21-28-17-33(32-16-26(20-50(32)41(53)23-11-12-23)52-34(19-47-49-52)22-6-2-3-7-22)51(39-25-15-31(39)46-18-25)40(28)29-14-24(8-5-13-45)35(37(44)38(29)48-21)27-9-4-10-30(42)36(27)43/h4,9-10,14,17,19,22-23,25-26,31-32,39,46H,2-3,5-8,11-12,15-16,18,20H2,1H3. The molecule has 3 saturated heterocycles. The fourth-order valence-electron chi connectivity index (χ4n) is 10.2. The van der Waals surface area contributed by atoms with Gasteiger partial charge in [-0.05, 0) is 81.5 Å². The number of aromatic nitrogens is 5. The molecule has 9 nitrogen and oxygen atoms in total. The topological polar surface area (TPSA) is 105 Å². The van der Waals surface area contributed by atoms with Crippen molar-refractivity contribution in [2.24, 2.45) is 11.8 Å². The van der Waals surface area contributed by atoms with Crippen molar-refractivity contribution in [3.63, 3.8) is 0 Å². The van der Waals surface area contributed by atoms with Gasteiger partial charge in [0.25, 0.3) is 0 Å². The maximum atomic E-state index is 17.3. The molecule has 272 valence electrons. The predicted molar refractivity (Wildman–Crippen MR) is 202 cm³/mol. The highest BCUT2D eigenvalue weighted by atomic mass is 35.5. The molecular weight excluding hydrogens is 710 g/mol. The molecular formula is C41H41Cl2FN8O. The summed E-state index contributed by atoms with van der Waals surface area (Å²) in [7, 11) is 0. The second-order valence-corrected chi connectivity index (χ2v) is 16.8. The Morgan fingerprint density at radius 2 is 1.92 bits per heavy atom. The molecule has 6 aliphatic rings. The minimum atomic E-state index is -0.467. The van der Waals surface area contributed by atoms with Gasteiger partial charge in [0, 0.05) is 70.7 Å². The van der Waals surface area contributed by atoms with E-state index in [0.29, 0.717) is 57.9 Å². The van der Waals surface area contributed by atoms with Crippen LogP contribution in [0.1, 0.15) is 104 Å². The first-order chi connectivity index (χ1) is 25.8. The van der Waals surface area contributed by atoms with Gasteiger partial charge in [-0.1, -0.05) is 53.4 Å². The van der Waals surface area contributed by atoms with Crippen molar-refractivity contribution < 1.29 is 9.18 Å². The van der Waals surface area contributed by atoms with Gasteiger partial charge >= 0.3 is 0 Å². The predicted octanol–water partition coefficient (Wildman–Crippen LogP) is 8.77. The number of pyridine rings is 1. The van der Waals surface area contributed by atoms with Crippen molar-refractivity contribution >= 4 is 50.9 Å². The molecule has 5 atom stereocenters. The maximum absolute atomic E-state index is 17.3. The Kier molecular flexibility index (Phi) is 8.09. The Labute approximate surface area is 317 Å². The number of carbonyl (C=O) groups excluding carboxylic acids is 1. The first kappa shape index (κ1) is 33.5. The number of likely N-dealkylation sites (tertiary alicyclic amines) is 1. The van der Waals surface area contributed by atoms with Crippen LogP contribution in [-0.4, -0.2) is 54.5 Å². The van der Waals surface area contributed by atoms with E-state index in [1.807, 2.05) is 19.2 Å². The average molecular weight is 752 g/mol. The van der Waals surface area contributed by atoms with Crippen LogP contribution in [0.3, 0.4) is 0 Å². The number of fused-ring (bicyclic) bond motifs is 4. The molecule has 3 aromatic heterocycles. The number of rotatable bonds is 8. The second kappa shape index (κ2) is 12.8. The zero-order valence-corrected chi connectivity index (χ0v) is 31.2. The van der Waals surface area contributed by atoms with E-state index < -0.39 is 5.82 Å². The Balaban J connectivity index is 1.19. The Morgan fingerprint density at radius 1 is 1.09 bits per heavy atom. The number of nitriles is 1. The summed E-state index contributed by atoms with van der Waals surface area (Å²) in [4.78, 5) is 21.3. The number of halogens is 3. The summed E-state index contributed by atoms with van der Waals surface area (Å²) in [6.45, 7) is 3.47. The molecule has 3 saturated carbocycles. The molecule has 12 heteroatoms. The quantitative estimate of drug-likeness (QED) is 0.170. The molecule has 0 radical (unpaired) electrons. The molecule has 0 spiro atoms. The van der Waals surface area contributed by atoms with Gasteiger partial charge in [-0.3, -0.25) is 4.79 Å². The lowest BCUT2D eigenvalue weighted by Crippen LogP contribution is -2.41. The van der Waals surface area contributed by atoms with Crippen LogP contribution in [0.4, 0.5) is 4.39 Å². The van der Waals surface area contributed by atoms with Crippen molar-refractivity contribution in [3.05, 3.63) is 75.0 Å². The van der Waals surface area contributed by atoms with Gasteiger partial charge in [0.15, 0.2) is 5.82 Å². The number of carbonyl (C=O) groups is 1. The molecule has 5 aromatic rings. The van der Waals surface area contributed by atoms with Crippen molar-refractivity contribution in [2.75, 3.05) is 13.1 Å². The lowest BCUT2D eigenvalue weighted by Gasteiger charge is -2.39. The largest absolute Gasteiger partial charge is 0.337 e. The van der Waals surface area contributed by atoms with Gasteiger partial charge in [0.2, 0.25) is 5.91 Å². The van der Waals surface area contributed by atoms with Crippen molar-refractivity contribution in [2.45, 2.75) is 101 Å². The van der Waals surface area contributed by atoms with E-state index in [1.54, 1.807) is 18.2 Å². The van der Waals surface area contributed by atoms with E-state index >= 15 is 4.39 Å². The van der Waals surface area contributed by atoms with Crippen LogP contribution in [0.5, 0.6) is 0 Å². The average Bonchev–Trinajstić information content (AvgIpc) is 3.82. The van der Waals surface area contributed by atoms with Crippen LogP contribution in [0, 0.1) is 35.9 Å². The number of nitrogens with zero attached hydrogens (tertiary/aromatic N) is 7. The minimum absolute atomic E-state index is 0.0134. The van der Waals surface area contributed by atoms with Gasteiger partial charge in [0.05, 0.1) is 51.6 Å². The van der Waals surface area contributed by atoms with E-state index in [4.69, 9.17) is 28.2 Å². The zero-order chi connectivity index (χ0) is 36.1. The molecule has 2 bridgehead atoms. The number of nitrogens with one attached hydrogen (secondary N) is 1. The van der Waals surface area contributed by atoms with E-state index in [9.17, 15) is 10.1 Å². The van der Waals surface area contributed by atoms with Crippen LogP contribution in [0.2, 0.25) is 10.0 Å². The Hall–Kier alpha value is -4.04. The van der Waals surface area contributed by atoms with E-state index in [0.717, 1.165) is 67.4 Å². The first-order valence-electron chi connectivity index (χ1n) is 19.2. The van der Waals surface area contributed by atoms with E-state index in [2.05, 4.69) is 41.9 Å². The van der Waals surface area contributed by atoms with Gasteiger partial charge < -0.3 is 14.8 Å². The van der Waals surface area contributed by atoms with Crippen molar-refractivity contribution in [1.82, 2.24) is 34.8 Å². The lowest BCUT2D eigenvalue weighted by atomic mass is 9.79. The van der Waals surface area contributed by atoms with Crippen molar-refractivity contribution in [1.29, 1.82) is 5.26 Å². The Bertz CT molecular complexity index is 2340.